The molecule has 0 atom stereocenters. The van der Waals surface area contributed by atoms with E-state index < -0.39 is 0 Å². The number of hydrogen-bond donors (Lipinski definition) is 0. The molecule has 0 spiro atoms. The highest BCUT2D eigenvalue weighted by molar-refractivity contribution is 7.99. The molecule has 0 aliphatic rings. The van der Waals surface area contributed by atoms with Gasteiger partial charge < -0.3 is 0 Å². The molecule has 0 aromatic heterocycles. The Balaban J connectivity index is 2.58. The average Bonchev–Trinajstić information content (AvgIpc) is 2.47. The molecule has 2 rings (SSSR count). The molecule has 0 N–H and O–H groups in total. The van der Waals surface area contributed by atoms with Crippen molar-refractivity contribution >= 4 is 11.8 Å². The van der Waals surface area contributed by atoms with Crippen LogP contribution in [0.2, 0.25) is 0 Å². The summed E-state index contributed by atoms with van der Waals surface area (Å²) in [7, 11) is 0. The van der Waals surface area contributed by atoms with Crippen LogP contribution >= 0.6 is 11.8 Å². The fraction of sp³-hybridized carbons (Fsp3) is 0.429. The van der Waals surface area contributed by atoms with E-state index in [4.69, 9.17) is 0 Å². The van der Waals surface area contributed by atoms with E-state index in [9.17, 15) is 0 Å². The van der Waals surface area contributed by atoms with Gasteiger partial charge in [0.15, 0.2) is 0 Å². The van der Waals surface area contributed by atoms with Crippen LogP contribution in [0.5, 0.6) is 0 Å². The van der Waals surface area contributed by atoms with Crippen molar-refractivity contribution in [3.05, 3.63) is 59.2 Å². The minimum atomic E-state index is 0.544. The first kappa shape index (κ1) is 17.1. The molecule has 0 unspecified atom stereocenters. The molecular formula is C21H28S. The lowest BCUT2D eigenvalue weighted by Gasteiger charge is -2.22. The van der Waals surface area contributed by atoms with Crippen LogP contribution in [0, 0.1) is 0 Å². The van der Waals surface area contributed by atoms with Crippen molar-refractivity contribution in [1.82, 2.24) is 0 Å². The summed E-state index contributed by atoms with van der Waals surface area (Å²) in [5.41, 5.74) is 4.44. The van der Waals surface area contributed by atoms with E-state index in [1.54, 1.807) is 0 Å². The highest BCUT2D eigenvalue weighted by Crippen LogP contribution is 2.41. The summed E-state index contributed by atoms with van der Waals surface area (Å²) < 4.78 is 0. The molecule has 0 bridgehead atoms. The van der Waals surface area contributed by atoms with E-state index in [2.05, 4.69) is 84.0 Å². The van der Waals surface area contributed by atoms with Gasteiger partial charge in [-0.2, -0.15) is 0 Å². The van der Waals surface area contributed by atoms with Gasteiger partial charge in [0.1, 0.15) is 0 Å². The van der Waals surface area contributed by atoms with Crippen LogP contribution in [0.3, 0.4) is 0 Å². The maximum absolute atomic E-state index is 2.42. The van der Waals surface area contributed by atoms with Gasteiger partial charge in [-0.3, -0.25) is 0 Å². The first-order valence-electron chi connectivity index (χ1n) is 8.30. The Bertz CT molecular complexity index is 580. The molecule has 0 amide bonds. The van der Waals surface area contributed by atoms with Gasteiger partial charge in [-0.1, -0.05) is 83.6 Å². The van der Waals surface area contributed by atoms with Crippen molar-refractivity contribution in [1.29, 1.82) is 0 Å². The first-order chi connectivity index (χ1) is 10.4. The van der Waals surface area contributed by atoms with Crippen molar-refractivity contribution in [3.63, 3.8) is 0 Å². The Kier molecular flexibility index (Phi) is 5.74. The molecule has 0 heterocycles. The maximum Gasteiger partial charge on any atom is 0.0191 e. The van der Waals surface area contributed by atoms with E-state index in [1.165, 1.54) is 26.5 Å². The summed E-state index contributed by atoms with van der Waals surface area (Å²) in [5, 5.41) is 0. The molecule has 22 heavy (non-hydrogen) atoms. The third kappa shape index (κ3) is 3.95. The lowest BCUT2D eigenvalue weighted by molar-refractivity contribution is 0.772. The quantitative estimate of drug-likeness (QED) is 0.562. The Labute approximate surface area is 140 Å². The molecule has 0 fully saturated rings. The van der Waals surface area contributed by atoms with E-state index in [-0.39, 0.29) is 0 Å². The van der Waals surface area contributed by atoms with Crippen LogP contribution in [0.25, 0.3) is 0 Å². The fourth-order valence-electron chi connectivity index (χ4n) is 2.61. The average molecular weight is 313 g/mol. The van der Waals surface area contributed by atoms with Crippen LogP contribution < -0.4 is 0 Å². The molecule has 0 saturated heterocycles. The molecule has 0 nitrogen and oxygen atoms in total. The molecule has 0 radical (unpaired) electrons. The molecular weight excluding hydrogens is 284 g/mol. The summed E-state index contributed by atoms with van der Waals surface area (Å²) >= 11 is 1.92. The SMILES string of the molecule is CC(C)c1cc(C(C)C)c(Sc2ccccc2)c(C(C)C)c1. The highest BCUT2D eigenvalue weighted by Gasteiger charge is 2.17. The minimum Gasteiger partial charge on any atom is -0.0895 e. The second kappa shape index (κ2) is 7.37. The van der Waals surface area contributed by atoms with Crippen molar-refractivity contribution in [2.75, 3.05) is 0 Å². The van der Waals surface area contributed by atoms with Crippen LogP contribution in [0.15, 0.2) is 52.3 Å². The van der Waals surface area contributed by atoms with Gasteiger partial charge in [0.25, 0.3) is 0 Å². The molecule has 0 aliphatic carbocycles. The fourth-order valence-corrected chi connectivity index (χ4v) is 3.97. The van der Waals surface area contributed by atoms with Crippen molar-refractivity contribution in [2.24, 2.45) is 0 Å². The Hall–Kier alpha value is -1.21. The van der Waals surface area contributed by atoms with E-state index >= 15 is 0 Å². The van der Waals surface area contributed by atoms with Crippen LogP contribution in [-0.4, -0.2) is 0 Å². The normalized spacial score (nSPS) is 11.7. The van der Waals surface area contributed by atoms with Crippen molar-refractivity contribution in [2.45, 2.75) is 69.1 Å². The lowest BCUT2D eigenvalue weighted by atomic mass is 9.89. The van der Waals surface area contributed by atoms with E-state index in [1.807, 2.05) is 11.8 Å². The highest BCUT2D eigenvalue weighted by atomic mass is 32.2. The Morgan fingerprint density at radius 1 is 0.682 bits per heavy atom. The summed E-state index contributed by atoms with van der Waals surface area (Å²) in [6, 6.07) is 15.6. The standard InChI is InChI=1S/C21H28S/c1-14(2)17-12-19(15(3)4)21(20(13-17)16(5)6)22-18-10-8-7-9-11-18/h7-16H,1-6H3. The minimum absolute atomic E-state index is 0.544. The largest absolute Gasteiger partial charge is 0.0895 e. The van der Waals surface area contributed by atoms with Crippen molar-refractivity contribution in [3.8, 4) is 0 Å². The monoisotopic (exact) mass is 312 g/mol. The Morgan fingerprint density at radius 2 is 1.18 bits per heavy atom. The van der Waals surface area contributed by atoms with Gasteiger partial charge in [-0.15, -0.1) is 0 Å². The summed E-state index contributed by atoms with van der Waals surface area (Å²) in [6.45, 7) is 13.8. The molecule has 2 aromatic rings. The predicted molar refractivity (Wildman–Crippen MR) is 99.3 cm³/mol. The molecule has 118 valence electrons. The zero-order valence-electron chi connectivity index (χ0n) is 14.7. The number of benzene rings is 2. The number of hydrogen-bond acceptors (Lipinski definition) is 1. The first-order valence-corrected chi connectivity index (χ1v) is 9.12. The maximum atomic E-state index is 2.42. The lowest BCUT2D eigenvalue weighted by Crippen LogP contribution is -2.02. The van der Waals surface area contributed by atoms with Gasteiger partial charge in [-0.25, -0.2) is 0 Å². The summed E-state index contributed by atoms with van der Waals surface area (Å²) in [4.78, 5) is 2.78. The number of rotatable bonds is 5. The summed E-state index contributed by atoms with van der Waals surface area (Å²) in [5.74, 6) is 1.66. The van der Waals surface area contributed by atoms with E-state index in [0.29, 0.717) is 17.8 Å². The molecule has 0 aliphatic heterocycles. The van der Waals surface area contributed by atoms with Gasteiger partial charge in [0.05, 0.1) is 0 Å². The third-order valence-electron chi connectivity index (χ3n) is 4.04. The zero-order chi connectivity index (χ0) is 16.3. The smallest absolute Gasteiger partial charge is 0.0191 e. The predicted octanol–water partition coefficient (Wildman–Crippen LogP) is 7.21. The van der Waals surface area contributed by atoms with Crippen LogP contribution in [0.4, 0.5) is 0 Å². The summed E-state index contributed by atoms with van der Waals surface area (Å²) in [6.07, 6.45) is 0. The van der Waals surface area contributed by atoms with Crippen molar-refractivity contribution < 1.29 is 0 Å². The molecule has 2 aromatic carbocycles. The van der Waals surface area contributed by atoms with Crippen LogP contribution in [0.1, 0.15) is 76.0 Å². The molecule has 0 saturated carbocycles. The second-order valence-corrected chi connectivity index (χ2v) is 7.99. The van der Waals surface area contributed by atoms with Gasteiger partial charge in [-0.05, 0) is 46.6 Å². The van der Waals surface area contributed by atoms with Crippen LogP contribution in [-0.2, 0) is 0 Å². The second-order valence-electron chi connectivity index (χ2n) is 6.91. The molecule has 1 heteroatoms. The van der Waals surface area contributed by atoms with Gasteiger partial charge in [0, 0.05) is 9.79 Å². The van der Waals surface area contributed by atoms with Gasteiger partial charge in [0.2, 0.25) is 0 Å². The zero-order valence-corrected chi connectivity index (χ0v) is 15.5. The topological polar surface area (TPSA) is 0 Å². The third-order valence-corrected chi connectivity index (χ3v) is 5.23. The van der Waals surface area contributed by atoms with Gasteiger partial charge >= 0.3 is 0 Å². The Morgan fingerprint density at radius 3 is 1.59 bits per heavy atom. The van der Waals surface area contributed by atoms with E-state index in [0.717, 1.165) is 0 Å².